The third kappa shape index (κ3) is 2.14. The van der Waals surface area contributed by atoms with Gasteiger partial charge >= 0.3 is 5.97 Å². The number of aromatic carboxylic acids is 1. The molecule has 0 spiro atoms. The fourth-order valence-corrected chi connectivity index (χ4v) is 1.92. The molecule has 7 heteroatoms. The monoisotopic (exact) mass is 274 g/mol. The number of anilines is 1. The Balaban J connectivity index is 1.94. The zero-order valence-electron chi connectivity index (χ0n) is 10.3. The van der Waals surface area contributed by atoms with E-state index >= 15 is 0 Å². The van der Waals surface area contributed by atoms with E-state index in [1.807, 2.05) is 0 Å². The molecule has 1 saturated heterocycles. The van der Waals surface area contributed by atoms with E-state index in [1.165, 1.54) is 11.1 Å². The average Bonchev–Trinajstić information content (AvgIpc) is 3.07. The van der Waals surface area contributed by atoms with E-state index in [9.17, 15) is 9.59 Å². The van der Waals surface area contributed by atoms with Crippen molar-refractivity contribution < 1.29 is 24.1 Å². The van der Waals surface area contributed by atoms with E-state index in [0.717, 1.165) is 0 Å². The summed E-state index contributed by atoms with van der Waals surface area (Å²) in [7, 11) is 0. The van der Waals surface area contributed by atoms with Gasteiger partial charge in [-0.1, -0.05) is 17.3 Å². The highest BCUT2D eigenvalue weighted by molar-refractivity contribution is 5.93. The fraction of sp³-hybridized carbons (Fsp3) is 0.154. The summed E-state index contributed by atoms with van der Waals surface area (Å²) in [5.41, 5.74) is 1.60. The van der Waals surface area contributed by atoms with E-state index in [4.69, 9.17) is 14.5 Å². The van der Waals surface area contributed by atoms with Gasteiger partial charge in [0.25, 0.3) is 5.91 Å². The Morgan fingerprint density at radius 1 is 1.35 bits per heavy atom. The third-order valence-electron chi connectivity index (χ3n) is 2.86. The first-order valence-corrected chi connectivity index (χ1v) is 5.91. The average molecular weight is 274 g/mol. The molecule has 0 aliphatic carbocycles. The SMILES string of the molecule is O=C(O)c1cc(-c2cccc(N3OCCC3=O)c2)no1. The van der Waals surface area contributed by atoms with Gasteiger partial charge in [0, 0.05) is 11.6 Å². The van der Waals surface area contributed by atoms with Gasteiger partial charge in [0.05, 0.1) is 18.7 Å². The highest BCUT2D eigenvalue weighted by atomic mass is 16.7. The maximum absolute atomic E-state index is 11.6. The van der Waals surface area contributed by atoms with Crippen molar-refractivity contribution in [2.24, 2.45) is 0 Å². The molecule has 1 aromatic carbocycles. The van der Waals surface area contributed by atoms with Crippen molar-refractivity contribution in [3.8, 4) is 11.3 Å². The minimum atomic E-state index is -1.18. The summed E-state index contributed by atoms with van der Waals surface area (Å²) in [6, 6.07) is 8.22. The number of carboxylic acids is 1. The number of benzene rings is 1. The molecule has 20 heavy (non-hydrogen) atoms. The topological polar surface area (TPSA) is 92.9 Å². The molecule has 1 N–H and O–H groups in total. The molecule has 0 radical (unpaired) electrons. The van der Waals surface area contributed by atoms with Crippen molar-refractivity contribution in [2.75, 3.05) is 11.7 Å². The van der Waals surface area contributed by atoms with Crippen LogP contribution in [-0.4, -0.2) is 28.7 Å². The van der Waals surface area contributed by atoms with Gasteiger partial charge in [-0.2, -0.15) is 5.06 Å². The highest BCUT2D eigenvalue weighted by Crippen LogP contribution is 2.26. The van der Waals surface area contributed by atoms with Crippen molar-refractivity contribution >= 4 is 17.6 Å². The number of carboxylic acid groups (broad SMARTS) is 1. The van der Waals surface area contributed by atoms with Crippen molar-refractivity contribution in [2.45, 2.75) is 6.42 Å². The first kappa shape index (κ1) is 12.4. The fourth-order valence-electron chi connectivity index (χ4n) is 1.92. The summed E-state index contributed by atoms with van der Waals surface area (Å²) in [5, 5.41) is 13.7. The summed E-state index contributed by atoms with van der Waals surface area (Å²) in [6.07, 6.45) is 0.345. The number of amides is 1. The number of rotatable bonds is 3. The Kier molecular flexibility index (Phi) is 2.96. The summed E-state index contributed by atoms with van der Waals surface area (Å²) < 4.78 is 4.71. The normalized spacial score (nSPS) is 14.8. The lowest BCUT2D eigenvalue weighted by Gasteiger charge is -2.14. The molecule has 0 unspecified atom stereocenters. The largest absolute Gasteiger partial charge is 0.475 e. The summed E-state index contributed by atoms with van der Waals surface area (Å²) >= 11 is 0. The molecule has 1 aliphatic rings. The molecule has 7 nitrogen and oxygen atoms in total. The van der Waals surface area contributed by atoms with Gasteiger partial charge in [-0.25, -0.2) is 4.79 Å². The first-order valence-electron chi connectivity index (χ1n) is 5.91. The number of nitrogens with zero attached hydrogens (tertiary/aromatic N) is 2. The summed E-state index contributed by atoms with van der Waals surface area (Å²) in [4.78, 5) is 27.6. The summed E-state index contributed by atoms with van der Waals surface area (Å²) in [5.74, 6) is -1.54. The van der Waals surface area contributed by atoms with Gasteiger partial charge in [0.2, 0.25) is 5.76 Å². The van der Waals surface area contributed by atoms with Crippen LogP contribution in [0.25, 0.3) is 11.3 Å². The third-order valence-corrected chi connectivity index (χ3v) is 2.86. The van der Waals surface area contributed by atoms with Gasteiger partial charge in [-0.3, -0.25) is 9.63 Å². The molecule has 0 saturated carbocycles. The molecule has 1 aliphatic heterocycles. The molecular weight excluding hydrogens is 264 g/mol. The lowest BCUT2D eigenvalue weighted by atomic mass is 10.1. The van der Waals surface area contributed by atoms with Crippen LogP contribution in [0.2, 0.25) is 0 Å². The van der Waals surface area contributed by atoms with Crippen LogP contribution in [0.15, 0.2) is 34.9 Å². The lowest BCUT2D eigenvalue weighted by Crippen LogP contribution is -2.22. The Morgan fingerprint density at radius 3 is 2.85 bits per heavy atom. The quantitative estimate of drug-likeness (QED) is 0.915. The predicted octanol–water partition coefficient (Wildman–Crippen LogP) is 1.71. The second-order valence-electron chi connectivity index (χ2n) is 4.20. The molecule has 0 atom stereocenters. The smallest absolute Gasteiger partial charge is 0.374 e. The van der Waals surface area contributed by atoms with Crippen LogP contribution >= 0.6 is 0 Å². The van der Waals surface area contributed by atoms with E-state index in [-0.39, 0.29) is 11.7 Å². The molecule has 1 fully saturated rings. The zero-order chi connectivity index (χ0) is 14.1. The minimum Gasteiger partial charge on any atom is -0.475 e. The molecule has 1 aromatic heterocycles. The minimum absolute atomic E-state index is 0.117. The van der Waals surface area contributed by atoms with Crippen molar-refractivity contribution in [1.29, 1.82) is 0 Å². The Morgan fingerprint density at radius 2 is 2.20 bits per heavy atom. The number of carbonyl (C=O) groups is 2. The molecule has 3 rings (SSSR count). The first-order chi connectivity index (χ1) is 9.65. The second-order valence-corrected chi connectivity index (χ2v) is 4.20. The predicted molar refractivity (Wildman–Crippen MR) is 67.0 cm³/mol. The number of hydroxylamine groups is 1. The highest BCUT2D eigenvalue weighted by Gasteiger charge is 2.23. The molecule has 2 aromatic rings. The van der Waals surface area contributed by atoms with Crippen LogP contribution < -0.4 is 5.06 Å². The lowest BCUT2D eigenvalue weighted by molar-refractivity contribution is -0.119. The van der Waals surface area contributed by atoms with E-state index in [1.54, 1.807) is 24.3 Å². The van der Waals surface area contributed by atoms with Gasteiger partial charge in [0.15, 0.2) is 0 Å². The Bertz CT molecular complexity index is 679. The van der Waals surface area contributed by atoms with Crippen molar-refractivity contribution in [3.05, 3.63) is 36.1 Å². The van der Waals surface area contributed by atoms with E-state index < -0.39 is 5.97 Å². The van der Waals surface area contributed by atoms with Crippen LogP contribution in [-0.2, 0) is 9.63 Å². The van der Waals surface area contributed by atoms with Crippen LogP contribution in [0.3, 0.4) is 0 Å². The zero-order valence-corrected chi connectivity index (χ0v) is 10.3. The molecule has 1 amide bonds. The summed E-state index contributed by atoms with van der Waals surface area (Å²) in [6.45, 7) is 0.357. The van der Waals surface area contributed by atoms with Crippen LogP contribution in [0.5, 0.6) is 0 Å². The number of carbonyl (C=O) groups excluding carboxylic acids is 1. The van der Waals surface area contributed by atoms with Crippen molar-refractivity contribution in [1.82, 2.24) is 5.16 Å². The molecule has 2 heterocycles. The van der Waals surface area contributed by atoms with Crippen LogP contribution in [0, 0.1) is 0 Å². The van der Waals surface area contributed by atoms with Crippen LogP contribution in [0.4, 0.5) is 5.69 Å². The Labute approximate surface area is 113 Å². The van der Waals surface area contributed by atoms with Gasteiger partial charge in [0.1, 0.15) is 5.69 Å². The Hall–Kier alpha value is -2.67. The van der Waals surface area contributed by atoms with Crippen molar-refractivity contribution in [3.63, 3.8) is 0 Å². The number of hydrogen-bond acceptors (Lipinski definition) is 5. The molecule has 0 bridgehead atoms. The van der Waals surface area contributed by atoms with E-state index in [0.29, 0.717) is 30.0 Å². The van der Waals surface area contributed by atoms with Gasteiger partial charge < -0.3 is 9.63 Å². The van der Waals surface area contributed by atoms with Gasteiger partial charge in [-0.15, -0.1) is 0 Å². The van der Waals surface area contributed by atoms with Gasteiger partial charge in [-0.05, 0) is 12.1 Å². The molecular formula is C13H10N2O5. The number of aromatic nitrogens is 1. The second kappa shape index (κ2) is 4.78. The van der Waals surface area contributed by atoms with E-state index in [2.05, 4.69) is 5.16 Å². The standard InChI is InChI=1S/C13H10N2O5/c16-12-4-5-19-15(12)9-3-1-2-8(6-9)10-7-11(13(17)18)20-14-10/h1-3,6-7H,4-5H2,(H,17,18). The maximum Gasteiger partial charge on any atom is 0.374 e. The number of hydrogen-bond donors (Lipinski definition) is 1. The molecule has 102 valence electrons. The van der Waals surface area contributed by atoms with Crippen LogP contribution in [0.1, 0.15) is 17.0 Å². The maximum atomic E-state index is 11.6.